The first-order chi connectivity index (χ1) is 20.9. The van der Waals surface area contributed by atoms with Crippen molar-refractivity contribution >= 4 is 51.3 Å². The quantitative estimate of drug-likeness (QED) is 0.222. The Labute approximate surface area is 250 Å². The first-order valence-electron chi connectivity index (χ1n) is 14.3. The number of fused-ring (bicyclic) bond motifs is 1. The number of amides is 2. The van der Waals surface area contributed by atoms with Gasteiger partial charge in [-0.3, -0.25) is 9.59 Å². The molecule has 0 spiro atoms. The minimum Gasteiger partial charge on any atom is -0.369 e. The Hall–Kier alpha value is -5.28. The molecule has 1 saturated heterocycles. The van der Waals surface area contributed by atoms with Crippen LogP contribution in [0.1, 0.15) is 26.3 Å². The molecule has 1 aromatic heterocycles. The Balaban J connectivity index is 1.08. The number of hydrogen-bond acceptors (Lipinski definition) is 7. The zero-order chi connectivity index (χ0) is 29.8. The van der Waals surface area contributed by atoms with Gasteiger partial charge in [0.05, 0.1) is 18.1 Å². The molecule has 4 aromatic carbocycles. The highest BCUT2D eigenvalue weighted by Crippen LogP contribution is 2.23. The molecule has 3 N–H and O–H groups in total. The standard InChI is InChI=1S/C34H33N7O2/c1-23-10-11-26(37-32(42)30-9-5-7-24-6-3-4-8-29(24)30)20-31(23)33(43)38-27-21-35-34(36-22-27)39-25-12-14-28(15-13-25)41-18-16-40(2)17-19-41/h3-15,20-22H,16-19H2,1-2H3,(H,37,42)(H,38,43)(H,35,36,39). The second-order valence-electron chi connectivity index (χ2n) is 10.7. The van der Waals surface area contributed by atoms with Crippen LogP contribution in [0.2, 0.25) is 0 Å². The summed E-state index contributed by atoms with van der Waals surface area (Å²) >= 11 is 0. The third-order valence-corrected chi connectivity index (χ3v) is 7.68. The fraction of sp³-hybridized carbons (Fsp3) is 0.176. The lowest BCUT2D eigenvalue weighted by Gasteiger charge is -2.34. The van der Waals surface area contributed by atoms with Crippen LogP contribution in [0.5, 0.6) is 0 Å². The van der Waals surface area contributed by atoms with E-state index in [0.29, 0.717) is 28.5 Å². The van der Waals surface area contributed by atoms with E-state index in [9.17, 15) is 9.59 Å². The van der Waals surface area contributed by atoms with Crippen molar-refractivity contribution in [1.82, 2.24) is 14.9 Å². The molecule has 1 aliphatic rings. The average molecular weight is 572 g/mol. The fourth-order valence-corrected chi connectivity index (χ4v) is 5.17. The fourth-order valence-electron chi connectivity index (χ4n) is 5.17. The molecule has 1 fully saturated rings. The van der Waals surface area contributed by atoms with Crippen LogP contribution < -0.4 is 20.9 Å². The molecule has 0 atom stereocenters. The highest BCUT2D eigenvalue weighted by atomic mass is 16.2. The molecule has 1 aliphatic heterocycles. The summed E-state index contributed by atoms with van der Waals surface area (Å²) in [6.45, 7) is 6.00. The molecular weight excluding hydrogens is 538 g/mol. The van der Waals surface area contributed by atoms with Crippen molar-refractivity contribution in [3.8, 4) is 0 Å². The van der Waals surface area contributed by atoms with E-state index in [1.54, 1.807) is 30.6 Å². The number of anilines is 5. The molecule has 0 aliphatic carbocycles. The number of hydrogen-bond donors (Lipinski definition) is 3. The van der Waals surface area contributed by atoms with Gasteiger partial charge in [-0.15, -0.1) is 0 Å². The van der Waals surface area contributed by atoms with Crippen molar-refractivity contribution < 1.29 is 9.59 Å². The Bertz CT molecular complexity index is 1760. The number of likely N-dealkylation sites (N-methyl/N-ethyl adjacent to an activating group) is 1. The third-order valence-electron chi connectivity index (χ3n) is 7.68. The van der Waals surface area contributed by atoms with Gasteiger partial charge in [0, 0.05) is 54.4 Å². The van der Waals surface area contributed by atoms with Crippen LogP contribution >= 0.6 is 0 Å². The maximum atomic E-state index is 13.2. The number of aryl methyl sites for hydroxylation is 1. The van der Waals surface area contributed by atoms with Gasteiger partial charge in [0.2, 0.25) is 5.95 Å². The zero-order valence-corrected chi connectivity index (χ0v) is 24.2. The second kappa shape index (κ2) is 12.3. The van der Waals surface area contributed by atoms with E-state index in [2.05, 4.69) is 54.9 Å². The van der Waals surface area contributed by atoms with Crippen LogP contribution in [0.25, 0.3) is 10.8 Å². The number of aromatic nitrogens is 2. The smallest absolute Gasteiger partial charge is 0.256 e. The van der Waals surface area contributed by atoms with E-state index < -0.39 is 0 Å². The molecule has 0 unspecified atom stereocenters. The van der Waals surface area contributed by atoms with Gasteiger partial charge < -0.3 is 25.8 Å². The molecule has 6 rings (SSSR count). The molecule has 0 bridgehead atoms. The van der Waals surface area contributed by atoms with E-state index in [-0.39, 0.29) is 11.8 Å². The van der Waals surface area contributed by atoms with Gasteiger partial charge in [-0.1, -0.05) is 42.5 Å². The maximum Gasteiger partial charge on any atom is 0.256 e. The van der Waals surface area contributed by atoms with Gasteiger partial charge in [-0.05, 0) is 72.8 Å². The summed E-state index contributed by atoms with van der Waals surface area (Å²) in [6, 6.07) is 26.9. The summed E-state index contributed by atoms with van der Waals surface area (Å²) in [4.78, 5) is 39.7. The molecule has 2 heterocycles. The normalized spacial score (nSPS) is 13.5. The molecule has 9 nitrogen and oxygen atoms in total. The minimum absolute atomic E-state index is 0.238. The van der Waals surface area contributed by atoms with Crippen molar-refractivity contribution in [3.63, 3.8) is 0 Å². The van der Waals surface area contributed by atoms with Crippen LogP contribution in [0, 0.1) is 6.92 Å². The van der Waals surface area contributed by atoms with Gasteiger partial charge in [-0.2, -0.15) is 0 Å². The lowest BCUT2D eigenvalue weighted by atomic mass is 10.0. The molecule has 5 aromatic rings. The number of nitrogens with zero attached hydrogens (tertiary/aromatic N) is 4. The zero-order valence-electron chi connectivity index (χ0n) is 24.2. The van der Waals surface area contributed by atoms with Crippen LogP contribution in [0.15, 0.2) is 97.3 Å². The Kier molecular flexibility index (Phi) is 7.97. The number of piperazine rings is 1. The monoisotopic (exact) mass is 571 g/mol. The minimum atomic E-state index is -0.317. The molecular formula is C34H33N7O2. The summed E-state index contributed by atoms with van der Waals surface area (Å²) in [7, 11) is 2.15. The molecule has 0 radical (unpaired) electrons. The van der Waals surface area contributed by atoms with Crippen LogP contribution in [-0.4, -0.2) is 59.9 Å². The van der Waals surface area contributed by atoms with Crippen molar-refractivity contribution in [2.75, 3.05) is 54.1 Å². The Morgan fingerprint density at radius 3 is 2.12 bits per heavy atom. The van der Waals surface area contributed by atoms with Gasteiger partial charge in [0.25, 0.3) is 11.8 Å². The molecule has 9 heteroatoms. The van der Waals surface area contributed by atoms with E-state index >= 15 is 0 Å². The SMILES string of the molecule is Cc1ccc(NC(=O)c2cccc3ccccc23)cc1C(=O)Nc1cnc(Nc2ccc(N3CCN(C)CC3)cc2)nc1. The molecule has 43 heavy (non-hydrogen) atoms. The topological polar surface area (TPSA) is 102 Å². The van der Waals surface area contributed by atoms with E-state index in [0.717, 1.165) is 48.2 Å². The van der Waals surface area contributed by atoms with Crippen LogP contribution in [0.4, 0.5) is 28.7 Å². The van der Waals surface area contributed by atoms with Gasteiger partial charge in [0.15, 0.2) is 0 Å². The summed E-state index contributed by atoms with van der Waals surface area (Å²) in [6.07, 6.45) is 3.13. The molecule has 0 saturated carbocycles. The summed E-state index contributed by atoms with van der Waals surface area (Å²) < 4.78 is 0. The van der Waals surface area contributed by atoms with Crippen molar-refractivity contribution in [1.29, 1.82) is 0 Å². The predicted octanol–water partition coefficient (Wildman–Crippen LogP) is 5.94. The maximum absolute atomic E-state index is 13.2. The lowest BCUT2D eigenvalue weighted by Crippen LogP contribution is -2.44. The van der Waals surface area contributed by atoms with Crippen molar-refractivity contribution in [2.45, 2.75) is 6.92 Å². The highest BCUT2D eigenvalue weighted by molar-refractivity contribution is 6.13. The number of carbonyl (C=O) groups is 2. The number of carbonyl (C=O) groups excluding carboxylic acids is 2. The number of rotatable bonds is 7. The third kappa shape index (κ3) is 6.47. The molecule has 2 amide bonds. The van der Waals surface area contributed by atoms with Gasteiger partial charge >= 0.3 is 0 Å². The van der Waals surface area contributed by atoms with Crippen molar-refractivity contribution in [2.24, 2.45) is 0 Å². The largest absolute Gasteiger partial charge is 0.369 e. The number of benzene rings is 4. The van der Waals surface area contributed by atoms with E-state index in [1.807, 2.05) is 61.5 Å². The summed E-state index contributed by atoms with van der Waals surface area (Å²) in [5.74, 6) is -0.125. The molecule has 216 valence electrons. The predicted molar refractivity (Wildman–Crippen MR) is 173 cm³/mol. The van der Waals surface area contributed by atoms with E-state index in [4.69, 9.17) is 0 Å². The number of nitrogens with one attached hydrogen (secondary N) is 3. The Morgan fingerprint density at radius 2 is 1.35 bits per heavy atom. The highest BCUT2D eigenvalue weighted by Gasteiger charge is 2.16. The van der Waals surface area contributed by atoms with Gasteiger partial charge in [0.1, 0.15) is 0 Å². The average Bonchev–Trinajstić information content (AvgIpc) is 3.03. The first-order valence-corrected chi connectivity index (χ1v) is 14.3. The summed E-state index contributed by atoms with van der Waals surface area (Å²) in [5.41, 5.74) is 4.87. The second-order valence-corrected chi connectivity index (χ2v) is 10.7. The van der Waals surface area contributed by atoms with E-state index in [1.165, 1.54) is 5.69 Å². The summed E-state index contributed by atoms with van der Waals surface area (Å²) in [5, 5.41) is 10.9. The van der Waals surface area contributed by atoms with Crippen molar-refractivity contribution in [3.05, 3.63) is 114 Å². The van der Waals surface area contributed by atoms with Crippen LogP contribution in [-0.2, 0) is 0 Å². The lowest BCUT2D eigenvalue weighted by molar-refractivity contribution is 0.101. The van der Waals surface area contributed by atoms with Crippen LogP contribution in [0.3, 0.4) is 0 Å². The van der Waals surface area contributed by atoms with Gasteiger partial charge in [-0.25, -0.2) is 9.97 Å². The first kappa shape index (κ1) is 27.9. The Morgan fingerprint density at radius 1 is 0.698 bits per heavy atom.